The molecule has 0 spiro atoms. The van der Waals surface area contributed by atoms with Gasteiger partial charge in [0.05, 0.1) is 11.5 Å². The largest absolute Gasteiger partial charge is 0.465 e. The van der Waals surface area contributed by atoms with Gasteiger partial charge in [0.2, 0.25) is 0 Å². The van der Waals surface area contributed by atoms with Crippen molar-refractivity contribution < 1.29 is 24.0 Å². The van der Waals surface area contributed by atoms with Gasteiger partial charge in [0.1, 0.15) is 17.8 Å². The van der Waals surface area contributed by atoms with E-state index in [1.54, 1.807) is 27.7 Å². The summed E-state index contributed by atoms with van der Waals surface area (Å²) in [7, 11) is 0. The van der Waals surface area contributed by atoms with Crippen LogP contribution in [0.4, 0.5) is 21.9 Å². The molecule has 0 radical (unpaired) electrons. The lowest BCUT2D eigenvalue weighted by Gasteiger charge is -2.19. The molecule has 0 saturated carbocycles. The molecular weight excluding hydrogens is 318 g/mol. The first-order valence-corrected chi connectivity index (χ1v) is 7.30. The molecule has 1 aromatic rings. The van der Waals surface area contributed by atoms with Gasteiger partial charge < -0.3 is 14.8 Å². The fourth-order valence-electron chi connectivity index (χ4n) is 1.72. The van der Waals surface area contributed by atoms with E-state index >= 15 is 0 Å². The van der Waals surface area contributed by atoms with Crippen LogP contribution in [0, 0.1) is 10.1 Å². The molecule has 0 saturated heterocycles. The smallest absolute Gasteiger partial charge is 0.412 e. The van der Waals surface area contributed by atoms with Gasteiger partial charge in [0.15, 0.2) is 0 Å². The summed E-state index contributed by atoms with van der Waals surface area (Å²) >= 11 is 0. The third kappa shape index (κ3) is 6.51. The van der Waals surface area contributed by atoms with Crippen LogP contribution in [0.3, 0.4) is 0 Å². The van der Waals surface area contributed by atoms with Crippen LogP contribution in [-0.2, 0) is 14.3 Å². The average Bonchev–Trinajstić information content (AvgIpc) is 2.43. The van der Waals surface area contributed by atoms with E-state index in [2.05, 4.69) is 10.6 Å². The van der Waals surface area contributed by atoms with Gasteiger partial charge in [-0.25, -0.2) is 4.79 Å². The second-order valence-corrected chi connectivity index (χ2v) is 5.77. The third-order valence-corrected chi connectivity index (χ3v) is 2.57. The van der Waals surface area contributed by atoms with Gasteiger partial charge in [-0.1, -0.05) is 0 Å². The first-order valence-electron chi connectivity index (χ1n) is 7.30. The summed E-state index contributed by atoms with van der Waals surface area (Å²) in [6.07, 6.45) is -0.687. The number of ether oxygens (including phenoxy) is 2. The highest BCUT2D eigenvalue weighted by Crippen LogP contribution is 2.28. The van der Waals surface area contributed by atoms with Crippen molar-refractivity contribution >= 4 is 29.1 Å². The van der Waals surface area contributed by atoms with E-state index in [1.165, 1.54) is 18.2 Å². The summed E-state index contributed by atoms with van der Waals surface area (Å²) in [5, 5.41) is 16.2. The second kappa shape index (κ2) is 8.14. The Bertz CT molecular complexity index is 624. The molecule has 0 unspecified atom stereocenters. The van der Waals surface area contributed by atoms with E-state index in [9.17, 15) is 19.7 Å². The van der Waals surface area contributed by atoms with Gasteiger partial charge in [-0.2, -0.15) is 0 Å². The molecule has 1 rings (SSSR count). The third-order valence-electron chi connectivity index (χ3n) is 2.57. The van der Waals surface area contributed by atoms with Crippen molar-refractivity contribution in [2.45, 2.75) is 33.3 Å². The summed E-state index contributed by atoms with van der Waals surface area (Å²) in [6.45, 7) is 6.79. The van der Waals surface area contributed by atoms with Crippen LogP contribution < -0.4 is 10.6 Å². The Morgan fingerprint density at radius 2 is 1.96 bits per heavy atom. The molecule has 132 valence electrons. The van der Waals surface area contributed by atoms with Crippen molar-refractivity contribution in [2.75, 3.05) is 23.8 Å². The molecule has 1 aromatic carbocycles. The lowest BCUT2D eigenvalue weighted by atomic mass is 10.2. The minimum atomic E-state index is -0.687. The number of benzene rings is 1. The quantitative estimate of drug-likeness (QED) is 0.464. The zero-order valence-electron chi connectivity index (χ0n) is 14.0. The number of nitrogens with one attached hydrogen (secondary N) is 2. The summed E-state index contributed by atoms with van der Waals surface area (Å²) in [6, 6.07) is 3.94. The number of carbonyl (C=O) groups excluding carboxylic acids is 2. The maximum atomic E-state index is 11.7. The van der Waals surface area contributed by atoms with E-state index in [-0.39, 0.29) is 24.5 Å². The van der Waals surface area contributed by atoms with Gasteiger partial charge in [0.25, 0.3) is 5.69 Å². The lowest BCUT2D eigenvalue weighted by molar-refractivity contribution is -0.383. The molecule has 0 heterocycles. The Morgan fingerprint density at radius 1 is 1.29 bits per heavy atom. The fourth-order valence-corrected chi connectivity index (χ4v) is 1.72. The van der Waals surface area contributed by atoms with E-state index in [0.29, 0.717) is 5.69 Å². The number of nitro benzene ring substituents is 1. The highest BCUT2D eigenvalue weighted by Gasteiger charge is 2.19. The van der Waals surface area contributed by atoms with Crippen molar-refractivity contribution in [1.29, 1.82) is 0 Å². The highest BCUT2D eigenvalue weighted by molar-refractivity contribution is 5.87. The number of rotatable bonds is 6. The number of esters is 1. The van der Waals surface area contributed by atoms with Crippen LogP contribution in [0.5, 0.6) is 0 Å². The van der Waals surface area contributed by atoms with Crippen molar-refractivity contribution in [3.8, 4) is 0 Å². The maximum Gasteiger partial charge on any atom is 0.412 e. The van der Waals surface area contributed by atoms with E-state index in [1.807, 2.05) is 0 Å². The average molecular weight is 339 g/mol. The highest BCUT2D eigenvalue weighted by atomic mass is 16.6. The SMILES string of the molecule is CCOC(=O)CNc1cc(NC(=O)OC(C)(C)C)ccc1[N+](=O)[O-]. The Labute approximate surface area is 139 Å². The zero-order chi connectivity index (χ0) is 18.3. The Morgan fingerprint density at radius 3 is 2.50 bits per heavy atom. The van der Waals surface area contributed by atoms with E-state index in [0.717, 1.165) is 0 Å². The topological polar surface area (TPSA) is 120 Å². The normalized spacial score (nSPS) is 10.7. The molecule has 0 bridgehead atoms. The Balaban J connectivity index is 2.89. The van der Waals surface area contributed by atoms with Crippen LogP contribution in [0.1, 0.15) is 27.7 Å². The summed E-state index contributed by atoms with van der Waals surface area (Å²) < 4.78 is 9.86. The number of hydrogen-bond donors (Lipinski definition) is 2. The van der Waals surface area contributed by atoms with Gasteiger partial charge in [-0.05, 0) is 39.8 Å². The molecule has 0 aliphatic carbocycles. The fraction of sp³-hybridized carbons (Fsp3) is 0.467. The molecule has 2 N–H and O–H groups in total. The summed E-state index contributed by atoms with van der Waals surface area (Å²) in [5.41, 5.74) is -0.521. The molecule has 1 amide bonds. The predicted octanol–water partition coefficient (Wildman–Crippen LogP) is 2.92. The Hall–Kier alpha value is -2.84. The molecule has 0 aromatic heterocycles. The van der Waals surface area contributed by atoms with Crippen molar-refractivity contribution in [3.05, 3.63) is 28.3 Å². The first kappa shape index (κ1) is 19.2. The van der Waals surface area contributed by atoms with Gasteiger partial charge in [-0.15, -0.1) is 0 Å². The lowest BCUT2D eigenvalue weighted by Crippen LogP contribution is -2.27. The molecule has 0 aliphatic heterocycles. The van der Waals surface area contributed by atoms with E-state index in [4.69, 9.17) is 9.47 Å². The van der Waals surface area contributed by atoms with Crippen molar-refractivity contribution in [1.82, 2.24) is 0 Å². The van der Waals surface area contributed by atoms with Gasteiger partial charge in [-0.3, -0.25) is 20.2 Å². The van der Waals surface area contributed by atoms with E-state index < -0.39 is 22.6 Å². The molecule has 0 fully saturated rings. The molecule has 9 heteroatoms. The number of nitrogens with zero attached hydrogens (tertiary/aromatic N) is 1. The molecule has 0 aliphatic rings. The van der Waals surface area contributed by atoms with Crippen LogP contribution in [-0.4, -0.2) is 35.7 Å². The van der Waals surface area contributed by atoms with Crippen molar-refractivity contribution in [3.63, 3.8) is 0 Å². The van der Waals surface area contributed by atoms with Crippen molar-refractivity contribution in [2.24, 2.45) is 0 Å². The predicted molar refractivity (Wildman–Crippen MR) is 88.1 cm³/mol. The zero-order valence-corrected chi connectivity index (χ0v) is 14.0. The number of hydrogen-bond acceptors (Lipinski definition) is 7. The van der Waals surface area contributed by atoms with Crippen LogP contribution in [0.25, 0.3) is 0 Å². The molecular formula is C15H21N3O6. The Kier molecular flexibility index (Phi) is 6.51. The number of amides is 1. The van der Waals surface area contributed by atoms with Crippen LogP contribution in [0.2, 0.25) is 0 Å². The molecule has 0 atom stereocenters. The molecule has 24 heavy (non-hydrogen) atoms. The second-order valence-electron chi connectivity index (χ2n) is 5.77. The minimum Gasteiger partial charge on any atom is -0.465 e. The number of anilines is 2. The molecule has 9 nitrogen and oxygen atoms in total. The standard InChI is InChI=1S/C15H21N3O6/c1-5-23-13(19)9-16-11-8-10(6-7-12(11)18(21)22)17-14(20)24-15(2,3)4/h6-8,16H,5,9H2,1-4H3,(H,17,20). The van der Waals surface area contributed by atoms with Gasteiger partial charge >= 0.3 is 12.1 Å². The first-order chi connectivity index (χ1) is 11.1. The van der Waals surface area contributed by atoms with Crippen LogP contribution >= 0.6 is 0 Å². The number of carbonyl (C=O) groups is 2. The summed E-state index contributed by atoms with van der Waals surface area (Å²) in [4.78, 5) is 33.6. The summed E-state index contributed by atoms with van der Waals surface area (Å²) in [5.74, 6) is -0.544. The van der Waals surface area contributed by atoms with Crippen LogP contribution in [0.15, 0.2) is 18.2 Å². The van der Waals surface area contributed by atoms with Gasteiger partial charge in [0, 0.05) is 11.8 Å². The monoisotopic (exact) mass is 339 g/mol. The minimum absolute atomic E-state index is 0.0848. The maximum absolute atomic E-state index is 11.7. The number of nitro groups is 1.